The molecule has 3 rings (SSSR count). The highest BCUT2D eigenvalue weighted by Gasteiger charge is 2.18. The summed E-state index contributed by atoms with van der Waals surface area (Å²) in [6, 6.07) is 7.05. The minimum Gasteiger partial charge on any atom is -0.395 e. The quantitative estimate of drug-likeness (QED) is 0.165. The van der Waals surface area contributed by atoms with Crippen molar-refractivity contribution in [3.8, 4) is 0 Å². The number of nitrogens with two attached hydrogens (primary N) is 1. The molecule has 0 spiro atoms. The average Bonchev–Trinajstić information content (AvgIpc) is 2.93. The van der Waals surface area contributed by atoms with Gasteiger partial charge in [-0.2, -0.15) is 15.0 Å². The molecule has 0 unspecified atom stereocenters. The molecule has 0 saturated heterocycles. The Labute approximate surface area is 224 Å². The van der Waals surface area contributed by atoms with E-state index in [2.05, 4.69) is 43.1 Å². The van der Waals surface area contributed by atoms with Crippen LogP contribution in [0.3, 0.4) is 0 Å². The fraction of sp³-hybridized carbons (Fsp3) is 0.615. The van der Waals surface area contributed by atoms with E-state index in [0.29, 0.717) is 75.4 Å². The Balaban J connectivity index is 1.50. The third kappa shape index (κ3) is 10.7. The molecule has 0 atom stereocenters. The second-order valence-electron chi connectivity index (χ2n) is 9.44. The average molecular weight is 531 g/mol. The molecule has 7 N–H and O–H groups in total. The van der Waals surface area contributed by atoms with Gasteiger partial charge in [-0.3, -0.25) is 4.79 Å². The normalized spacial score (nSPS) is 17.1. The maximum Gasteiger partial charge on any atom is 0.251 e. The number of aromatic nitrogens is 3. The molecule has 0 bridgehead atoms. The van der Waals surface area contributed by atoms with Gasteiger partial charge in [-0.15, -0.1) is 0 Å². The summed E-state index contributed by atoms with van der Waals surface area (Å²) in [6.07, 6.45) is 4.92. The van der Waals surface area contributed by atoms with Gasteiger partial charge in [0.05, 0.1) is 33.0 Å². The van der Waals surface area contributed by atoms with E-state index in [1.54, 1.807) is 24.3 Å². The van der Waals surface area contributed by atoms with Crippen molar-refractivity contribution in [2.75, 3.05) is 75.2 Å². The van der Waals surface area contributed by atoms with Crippen molar-refractivity contribution in [3.63, 3.8) is 0 Å². The van der Waals surface area contributed by atoms with Crippen LogP contribution in [0, 0.1) is 11.8 Å². The third-order valence-corrected chi connectivity index (χ3v) is 6.28. The lowest BCUT2D eigenvalue weighted by Gasteiger charge is -2.26. The van der Waals surface area contributed by atoms with Crippen molar-refractivity contribution in [3.05, 3.63) is 29.8 Å². The van der Waals surface area contributed by atoms with E-state index in [-0.39, 0.29) is 12.5 Å². The zero-order valence-corrected chi connectivity index (χ0v) is 22.2. The number of rotatable bonds is 17. The molecule has 1 fully saturated rings. The predicted octanol–water partition coefficient (Wildman–Crippen LogP) is 1.98. The lowest BCUT2D eigenvalue weighted by atomic mass is 9.83. The lowest BCUT2D eigenvalue weighted by Crippen LogP contribution is -2.27. The number of aliphatic hydroxyl groups excluding tert-OH is 1. The maximum absolute atomic E-state index is 12.4. The standard InChI is InChI=1S/C26H42N8O4/c1-19-2-4-20(5-3-19)18-30-25-32-24(29-11-13-35)33-26(34-25)31-22-8-6-21(7-9-22)23(36)28-12-15-38-17-16-37-14-10-27/h6-9,19-20,35H,2-5,10-18,27H2,1H3,(H,28,36)(H3,29,30,31,32,33,34). The first-order valence-electron chi connectivity index (χ1n) is 13.4. The Morgan fingerprint density at radius 3 is 2.26 bits per heavy atom. The molecule has 1 heterocycles. The van der Waals surface area contributed by atoms with Crippen LogP contribution in [0.25, 0.3) is 0 Å². The summed E-state index contributed by atoms with van der Waals surface area (Å²) >= 11 is 0. The molecule has 1 saturated carbocycles. The summed E-state index contributed by atoms with van der Waals surface area (Å²) in [4.78, 5) is 25.8. The molecule has 1 aromatic carbocycles. The van der Waals surface area contributed by atoms with Crippen LogP contribution in [0.1, 0.15) is 43.0 Å². The fourth-order valence-corrected chi connectivity index (χ4v) is 4.10. The van der Waals surface area contributed by atoms with E-state index < -0.39 is 0 Å². The third-order valence-electron chi connectivity index (χ3n) is 6.28. The van der Waals surface area contributed by atoms with Gasteiger partial charge in [0.15, 0.2) is 0 Å². The van der Waals surface area contributed by atoms with Crippen LogP contribution in [-0.4, -0.2) is 85.2 Å². The first-order chi connectivity index (χ1) is 18.6. The van der Waals surface area contributed by atoms with Gasteiger partial charge < -0.3 is 41.6 Å². The lowest BCUT2D eigenvalue weighted by molar-refractivity contribution is 0.0511. The number of ether oxygens (including phenoxy) is 2. The Morgan fingerprint density at radius 1 is 0.921 bits per heavy atom. The van der Waals surface area contributed by atoms with Crippen molar-refractivity contribution >= 4 is 29.4 Å². The zero-order chi connectivity index (χ0) is 27.0. The number of nitrogens with zero attached hydrogens (tertiary/aromatic N) is 3. The van der Waals surface area contributed by atoms with E-state index >= 15 is 0 Å². The Kier molecular flexibility index (Phi) is 13.0. The minimum atomic E-state index is -0.182. The molecule has 12 heteroatoms. The zero-order valence-electron chi connectivity index (χ0n) is 22.2. The Morgan fingerprint density at radius 2 is 1.58 bits per heavy atom. The minimum absolute atomic E-state index is 0.0314. The second kappa shape index (κ2) is 16.7. The molecular formula is C26H42N8O4. The topological polar surface area (TPSA) is 169 Å². The van der Waals surface area contributed by atoms with Crippen LogP contribution < -0.4 is 27.0 Å². The van der Waals surface area contributed by atoms with Crippen LogP contribution in [0.5, 0.6) is 0 Å². The number of aliphatic hydroxyl groups is 1. The summed E-state index contributed by atoms with van der Waals surface area (Å²) < 4.78 is 10.6. The smallest absolute Gasteiger partial charge is 0.251 e. The van der Waals surface area contributed by atoms with Gasteiger partial charge in [0.1, 0.15) is 0 Å². The van der Waals surface area contributed by atoms with E-state index in [0.717, 1.165) is 18.2 Å². The number of carbonyl (C=O) groups is 1. The number of benzene rings is 1. The largest absolute Gasteiger partial charge is 0.395 e. The van der Waals surface area contributed by atoms with Crippen LogP contribution in [-0.2, 0) is 9.47 Å². The molecule has 38 heavy (non-hydrogen) atoms. The van der Waals surface area contributed by atoms with Crippen molar-refractivity contribution in [2.24, 2.45) is 17.6 Å². The molecule has 12 nitrogen and oxygen atoms in total. The van der Waals surface area contributed by atoms with Crippen molar-refractivity contribution < 1.29 is 19.4 Å². The second-order valence-corrected chi connectivity index (χ2v) is 9.44. The Bertz CT molecular complexity index is 955. The molecule has 0 radical (unpaired) electrons. The van der Waals surface area contributed by atoms with Gasteiger partial charge >= 0.3 is 0 Å². The van der Waals surface area contributed by atoms with Crippen molar-refractivity contribution in [1.82, 2.24) is 20.3 Å². The monoisotopic (exact) mass is 530 g/mol. The highest BCUT2D eigenvalue weighted by molar-refractivity contribution is 5.94. The maximum atomic E-state index is 12.4. The highest BCUT2D eigenvalue weighted by Crippen LogP contribution is 2.28. The van der Waals surface area contributed by atoms with Gasteiger partial charge in [0, 0.05) is 37.4 Å². The molecule has 1 amide bonds. The van der Waals surface area contributed by atoms with Gasteiger partial charge in [0.25, 0.3) is 5.91 Å². The van der Waals surface area contributed by atoms with Crippen LogP contribution >= 0.6 is 0 Å². The van der Waals surface area contributed by atoms with Crippen LogP contribution in [0.4, 0.5) is 23.5 Å². The van der Waals surface area contributed by atoms with Crippen molar-refractivity contribution in [2.45, 2.75) is 32.6 Å². The summed E-state index contributed by atoms with van der Waals surface area (Å²) in [6.45, 7) is 6.17. The summed E-state index contributed by atoms with van der Waals surface area (Å²) in [5.74, 6) is 2.45. The summed E-state index contributed by atoms with van der Waals surface area (Å²) in [7, 11) is 0. The SMILES string of the molecule is CC1CCC(CNc2nc(NCCO)nc(Nc3ccc(C(=O)NCCOCCOCCN)cc3)n2)CC1. The molecule has 0 aliphatic heterocycles. The fourth-order valence-electron chi connectivity index (χ4n) is 4.10. The van der Waals surface area contributed by atoms with Gasteiger partial charge in [0.2, 0.25) is 17.8 Å². The van der Waals surface area contributed by atoms with E-state index in [4.69, 9.17) is 15.2 Å². The molecule has 210 valence electrons. The molecule has 2 aromatic rings. The number of nitrogens with one attached hydrogen (secondary N) is 4. The van der Waals surface area contributed by atoms with Gasteiger partial charge in [-0.1, -0.05) is 19.8 Å². The molecule has 1 aliphatic carbocycles. The van der Waals surface area contributed by atoms with E-state index in [1.165, 1.54) is 25.7 Å². The number of hydrogen-bond acceptors (Lipinski definition) is 11. The van der Waals surface area contributed by atoms with Gasteiger partial charge in [-0.05, 0) is 48.9 Å². The van der Waals surface area contributed by atoms with Crippen LogP contribution in [0.2, 0.25) is 0 Å². The number of hydrogen-bond donors (Lipinski definition) is 6. The number of amides is 1. The van der Waals surface area contributed by atoms with Crippen LogP contribution in [0.15, 0.2) is 24.3 Å². The Hall–Kier alpha value is -3.06. The molecule has 1 aromatic heterocycles. The first-order valence-corrected chi connectivity index (χ1v) is 13.4. The van der Waals surface area contributed by atoms with E-state index in [9.17, 15) is 9.90 Å². The van der Waals surface area contributed by atoms with E-state index in [1.807, 2.05) is 0 Å². The number of anilines is 4. The summed E-state index contributed by atoms with van der Waals surface area (Å²) in [5, 5.41) is 21.5. The van der Waals surface area contributed by atoms with Gasteiger partial charge in [-0.25, -0.2) is 0 Å². The van der Waals surface area contributed by atoms with Crippen molar-refractivity contribution in [1.29, 1.82) is 0 Å². The first kappa shape index (κ1) is 29.5. The highest BCUT2D eigenvalue weighted by atomic mass is 16.5. The predicted molar refractivity (Wildman–Crippen MR) is 148 cm³/mol. The molecular weight excluding hydrogens is 488 g/mol. The molecule has 1 aliphatic rings. The summed E-state index contributed by atoms with van der Waals surface area (Å²) in [5.41, 5.74) is 6.62. The number of carbonyl (C=O) groups excluding carboxylic acids is 1.